The minimum Gasteiger partial charge on any atom is -0.398 e. The number of hydrogen-bond donors (Lipinski definition) is 1. The van der Waals surface area contributed by atoms with E-state index in [1.54, 1.807) is 24.3 Å². The average molecular weight is 268 g/mol. The smallest absolute Gasteiger partial charge is 0.210 e. The van der Waals surface area contributed by atoms with Gasteiger partial charge < -0.3 is 5.73 Å². The monoisotopic (exact) mass is 267 g/mol. The first-order chi connectivity index (χ1) is 8.03. The number of sulfone groups is 1. The van der Waals surface area contributed by atoms with E-state index in [1.807, 2.05) is 0 Å². The van der Waals surface area contributed by atoms with Crippen LogP contribution < -0.4 is 5.73 Å². The van der Waals surface area contributed by atoms with Crippen LogP contribution in [-0.4, -0.2) is 8.42 Å². The van der Waals surface area contributed by atoms with Gasteiger partial charge >= 0.3 is 0 Å². The molecule has 0 unspecified atom stereocenters. The number of rotatable bonds is 2. The minimum atomic E-state index is -3.66. The Kier molecular flexibility index (Phi) is 3.09. The van der Waals surface area contributed by atoms with Crippen LogP contribution in [0.4, 0.5) is 5.69 Å². The van der Waals surface area contributed by atoms with Crippen molar-refractivity contribution < 1.29 is 8.42 Å². The van der Waals surface area contributed by atoms with Gasteiger partial charge in [-0.05, 0) is 24.3 Å². The summed E-state index contributed by atoms with van der Waals surface area (Å²) in [5.74, 6) is 0. The van der Waals surface area contributed by atoms with E-state index in [1.165, 1.54) is 24.3 Å². The van der Waals surface area contributed by atoms with Crippen molar-refractivity contribution in [1.82, 2.24) is 0 Å². The summed E-state index contributed by atoms with van der Waals surface area (Å²) < 4.78 is 24.6. The summed E-state index contributed by atoms with van der Waals surface area (Å²) in [6, 6.07) is 12.7. The SMILES string of the molecule is Nc1cccc(Cl)c1S(=O)(=O)c1ccccc1. The van der Waals surface area contributed by atoms with E-state index in [-0.39, 0.29) is 20.5 Å². The van der Waals surface area contributed by atoms with Crippen molar-refractivity contribution in [2.45, 2.75) is 9.79 Å². The summed E-state index contributed by atoms with van der Waals surface area (Å²) in [5, 5.41) is 0.133. The first-order valence-electron chi connectivity index (χ1n) is 4.87. The highest BCUT2D eigenvalue weighted by molar-refractivity contribution is 7.91. The van der Waals surface area contributed by atoms with Crippen molar-refractivity contribution in [2.24, 2.45) is 0 Å². The standard InChI is InChI=1S/C12H10ClNO2S/c13-10-7-4-8-11(14)12(10)17(15,16)9-5-2-1-3-6-9/h1-8H,14H2. The molecule has 0 amide bonds. The van der Waals surface area contributed by atoms with Crippen molar-refractivity contribution in [3.63, 3.8) is 0 Å². The Bertz CT molecular complexity index is 619. The molecule has 3 nitrogen and oxygen atoms in total. The molecule has 2 aromatic rings. The molecule has 0 aliphatic carbocycles. The maximum Gasteiger partial charge on any atom is 0.210 e. The van der Waals surface area contributed by atoms with E-state index < -0.39 is 9.84 Å². The van der Waals surface area contributed by atoms with Crippen LogP contribution in [0.2, 0.25) is 5.02 Å². The summed E-state index contributed by atoms with van der Waals surface area (Å²) in [6.45, 7) is 0. The first kappa shape index (κ1) is 12.0. The second-order valence-corrected chi connectivity index (χ2v) is 5.77. The molecular formula is C12H10ClNO2S. The van der Waals surface area contributed by atoms with Crippen LogP contribution >= 0.6 is 11.6 Å². The van der Waals surface area contributed by atoms with Gasteiger partial charge in [-0.15, -0.1) is 0 Å². The van der Waals surface area contributed by atoms with Crippen LogP contribution in [0.15, 0.2) is 58.3 Å². The summed E-state index contributed by atoms with van der Waals surface area (Å²) in [4.78, 5) is 0.146. The topological polar surface area (TPSA) is 60.2 Å². The van der Waals surface area contributed by atoms with Crippen LogP contribution in [0.25, 0.3) is 0 Å². The van der Waals surface area contributed by atoms with Crippen LogP contribution in [0.3, 0.4) is 0 Å². The molecule has 0 aliphatic heterocycles. The van der Waals surface area contributed by atoms with E-state index in [9.17, 15) is 8.42 Å². The summed E-state index contributed by atoms with van der Waals surface area (Å²) >= 11 is 5.90. The van der Waals surface area contributed by atoms with Crippen molar-refractivity contribution in [3.8, 4) is 0 Å². The van der Waals surface area contributed by atoms with Gasteiger partial charge in [-0.1, -0.05) is 35.9 Å². The fraction of sp³-hybridized carbons (Fsp3) is 0. The Balaban J connectivity index is 2.69. The van der Waals surface area contributed by atoms with Gasteiger partial charge in [0.15, 0.2) is 0 Å². The van der Waals surface area contributed by atoms with Crippen LogP contribution in [-0.2, 0) is 9.84 Å². The molecule has 0 fully saturated rings. The maximum absolute atomic E-state index is 12.3. The summed E-state index contributed by atoms with van der Waals surface area (Å²) in [7, 11) is -3.66. The Morgan fingerprint density at radius 3 is 2.18 bits per heavy atom. The Hall–Kier alpha value is -1.52. The number of benzene rings is 2. The molecule has 17 heavy (non-hydrogen) atoms. The van der Waals surface area contributed by atoms with Crippen molar-refractivity contribution in [1.29, 1.82) is 0 Å². The Morgan fingerprint density at radius 1 is 0.941 bits per heavy atom. The van der Waals surface area contributed by atoms with Gasteiger partial charge in [0.05, 0.1) is 15.6 Å². The van der Waals surface area contributed by atoms with Crippen LogP contribution in [0, 0.1) is 0 Å². The molecule has 88 valence electrons. The molecule has 2 N–H and O–H groups in total. The van der Waals surface area contributed by atoms with Gasteiger partial charge in [-0.3, -0.25) is 0 Å². The van der Waals surface area contributed by atoms with E-state index in [0.717, 1.165) is 0 Å². The van der Waals surface area contributed by atoms with Crippen molar-refractivity contribution in [2.75, 3.05) is 5.73 Å². The van der Waals surface area contributed by atoms with Gasteiger partial charge in [-0.2, -0.15) is 0 Å². The Labute approximate surface area is 105 Å². The third-order valence-electron chi connectivity index (χ3n) is 2.32. The number of halogens is 1. The Morgan fingerprint density at radius 2 is 1.59 bits per heavy atom. The fourth-order valence-electron chi connectivity index (χ4n) is 1.53. The fourth-order valence-corrected chi connectivity index (χ4v) is 3.47. The second kappa shape index (κ2) is 4.39. The van der Waals surface area contributed by atoms with E-state index >= 15 is 0 Å². The third kappa shape index (κ3) is 2.14. The summed E-state index contributed by atoms with van der Waals surface area (Å²) in [6.07, 6.45) is 0. The highest BCUT2D eigenvalue weighted by Crippen LogP contribution is 2.31. The van der Waals surface area contributed by atoms with Gasteiger partial charge in [0.2, 0.25) is 9.84 Å². The van der Waals surface area contributed by atoms with E-state index in [0.29, 0.717) is 0 Å². The molecule has 2 aromatic carbocycles. The molecule has 0 radical (unpaired) electrons. The highest BCUT2D eigenvalue weighted by atomic mass is 35.5. The molecule has 0 spiro atoms. The highest BCUT2D eigenvalue weighted by Gasteiger charge is 2.22. The molecule has 0 heterocycles. The van der Waals surface area contributed by atoms with Crippen molar-refractivity contribution >= 4 is 27.1 Å². The number of nitrogen functional groups attached to an aromatic ring is 1. The van der Waals surface area contributed by atoms with Gasteiger partial charge in [0, 0.05) is 0 Å². The van der Waals surface area contributed by atoms with E-state index in [2.05, 4.69) is 0 Å². The molecule has 0 saturated heterocycles. The van der Waals surface area contributed by atoms with Crippen molar-refractivity contribution in [3.05, 3.63) is 53.6 Å². The third-order valence-corrected chi connectivity index (χ3v) is 4.63. The molecule has 0 aromatic heterocycles. The predicted octanol–water partition coefficient (Wildman–Crippen LogP) is 2.76. The molecule has 5 heteroatoms. The quantitative estimate of drug-likeness (QED) is 0.851. The lowest BCUT2D eigenvalue weighted by molar-refractivity contribution is 0.596. The van der Waals surface area contributed by atoms with Crippen LogP contribution in [0.5, 0.6) is 0 Å². The molecular weight excluding hydrogens is 258 g/mol. The van der Waals surface area contributed by atoms with Gasteiger partial charge in [0.25, 0.3) is 0 Å². The average Bonchev–Trinajstić information content (AvgIpc) is 2.29. The maximum atomic E-state index is 12.3. The van der Waals surface area contributed by atoms with Gasteiger partial charge in [0.1, 0.15) is 4.90 Å². The van der Waals surface area contributed by atoms with Crippen LogP contribution in [0.1, 0.15) is 0 Å². The normalized spacial score (nSPS) is 11.4. The zero-order chi connectivity index (χ0) is 12.5. The lowest BCUT2D eigenvalue weighted by atomic mass is 10.3. The number of anilines is 1. The zero-order valence-electron chi connectivity index (χ0n) is 8.80. The van der Waals surface area contributed by atoms with Gasteiger partial charge in [-0.25, -0.2) is 8.42 Å². The lowest BCUT2D eigenvalue weighted by Gasteiger charge is -2.09. The minimum absolute atomic E-state index is 0.0344. The number of nitrogens with two attached hydrogens (primary N) is 1. The molecule has 0 saturated carbocycles. The largest absolute Gasteiger partial charge is 0.398 e. The zero-order valence-corrected chi connectivity index (χ0v) is 10.4. The molecule has 0 bridgehead atoms. The lowest BCUT2D eigenvalue weighted by Crippen LogP contribution is -2.06. The number of hydrogen-bond acceptors (Lipinski definition) is 3. The molecule has 0 aliphatic rings. The molecule has 0 atom stereocenters. The second-order valence-electron chi connectivity index (χ2n) is 3.47. The van der Waals surface area contributed by atoms with E-state index in [4.69, 9.17) is 17.3 Å². The predicted molar refractivity (Wildman–Crippen MR) is 67.8 cm³/mol. The first-order valence-corrected chi connectivity index (χ1v) is 6.74. The summed E-state index contributed by atoms with van der Waals surface area (Å²) in [5.41, 5.74) is 5.84. The molecule has 2 rings (SSSR count).